The summed E-state index contributed by atoms with van der Waals surface area (Å²) in [5.74, 6) is 0.156. The summed E-state index contributed by atoms with van der Waals surface area (Å²) in [5, 5.41) is 4.51. The number of hydrogen-bond acceptors (Lipinski definition) is 3. The first kappa shape index (κ1) is 14.8. The molecule has 1 saturated heterocycles. The second kappa shape index (κ2) is 5.59. The standard InChI is InChI=1S/C16H23N5O/c1-11-15(12(2)19(4)18-11)14-6-5-8-21(14)16(22)13(3)20-9-7-17-10-20/h7,9-10,13-14H,5-6,8H2,1-4H3/t13-,14+/m0/s1. The van der Waals surface area contributed by atoms with Crippen LogP contribution in [0.25, 0.3) is 0 Å². The summed E-state index contributed by atoms with van der Waals surface area (Å²) < 4.78 is 3.77. The van der Waals surface area contributed by atoms with E-state index in [1.54, 1.807) is 12.5 Å². The molecule has 0 spiro atoms. The van der Waals surface area contributed by atoms with Crippen molar-refractivity contribution in [3.8, 4) is 0 Å². The van der Waals surface area contributed by atoms with E-state index in [2.05, 4.69) is 17.0 Å². The van der Waals surface area contributed by atoms with E-state index in [4.69, 9.17) is 0 Å². The van der Waals surface area contributed by atoms with E-state index in [-0.39, 0.29) is 18.0 Å². The maximum absolute atomic E-state index is 12.9. The van der Waals surface area contributed by atoms with Gasteiger partial charge in [0.1, 0.15) is 6.04 Å². The normalized spacial score (nSPS) is 19.6. The topological polar surface area (TPSA) is 56.0 Å². The number of carbonyl (C=O) groups excluding carboxylic acids is 1. The van der Waals surface area contributed by atoms with Gasteiger partial charge in [0, 0.05) is 37.2 Å². The molecule has 6 nitrogen and oxygen atoms in total. The van der Waals surface area contributed by atoms with E-state index < -0.39 is 0 Å². The van der Waals surface area contributed by atoms with Gasteiger partial charge in [-0.25, -0.2) is 4.98 Å². The number of rotatable bonds is 3. The fourth-order valence-electron chi connectivity index (χ4n) is 3.47. The van der Waals surface area contributed by atoms with Crippen molar-refractivity contribution in [2.45, 2.75) is 45.7 Å². The maximum atomic E-state index is 12.9. The van der Waals surface area contributed by atoms with Gasteiger partial charge in [-0.3, -0.25) is 9.48 Å². The van der Waals surface area contributed by atoms with Crippen molar-refractivity contribution in [2.75, 3.05) is 6.54 Å². The van der Waals surface area contributed by atoms with Crippen molar-refractivity contribution >= 4 is 5.91 Å². The van der Waals surface area contributed by atoms with Gasteiger partial charge < -0.3 is 9.47 Å². The number of carbonyl (C=O) groups is 1. The number of aromatic nitrogens is 4. The number of imidazole rings is 1. The Morgan fingerprint density at radius 3 is 2.77 bits per heavy atom. The highest BCUT2D eigenvalue weighted by Crippen LogP contribution is 2.36. The molecule has 6 heteroatoms. The minimum Gasteiger partial charge on any atom is -0.334 e. The number of hydrogen-bond donors (Lipinski definition) is 0. The fourth-order valence-corrected chi connectivity index (χ4v) is 3.47. The Kier molecular flexibility index (Phi) is 3.76. The minimum atomic E-state index is -0.222. The van der Waals surface area contributed by atoms with Gasteiger partial charge in [0.25, 0.3) is 0 Å². The lowest BCUT2D eigenvalue weighted by atomic mass is 10.0. The Hall–Kier alpha value is -2.11. The van der Waals surface area contributed by atoms with E-state index in [1.807, 2.05) is 41.2 Å². The molecular weight excluding hydrogens is 278 g/mol. The maximum Gasteiger partial charge on any atom is 0.245 e. The predicted molar refractivity (Wildman–Crippen MR) is 83.3 cm³/mol. The van der Waals surface area contributed by atoms with Crippen LogP contribution >= 0.6 is 0 Å². The van der Waals surface area contributed by atoms with Gasteiger partial charge >= 0.3 is 0 Å². The molecule has 0 saturated carbocycles. The highest BCUT2D eigenvalue weighted by molar-refractivity contribution is 5.81. The summed E-state index contributed by atoms with van der Waals surface area (Å²) >= 11 is 0. The average Bonchev–Trinajstić information content (AvgIpc) is 3.20. The molecule has 0 unspecified atom stereocenters. The highest BCUT2D eigenvalue weighted by Gasteiger charge is 2.35. The van der Waals surface area contributed by atoms with Gasteiger partial charge in [-0.05, 0) is 33.6 Å². The zero-order valence-corrected chi connectivity index (χ0v) is 13.7. The summed E-state index contributed by atoms with van der Waals surface area (Å²) in [5.41, 5.74) is 3.39. The van der Waals surface area contributed by atoms with Crippen LogP contribution in [0, 0.1) is 13.8 Å². The van der Waals surface area contributed by atoms with Crippen LogP contribution < -0.4 is 0 Å². The van der Waals surface area contributed by atoms with Gasteiger partial charge in [-0.1, -0.05) is 0 Å². The fraction of sp³-hybridized carbons (Fsp3) is 0.562. The van der Waals surface area contributed by atoms with Crippen LogP contribution in [0.2, 0.25) is 0 Å². The smallest absolute Gasteiger partial charge is 0.245 e. The van der Waals surface area contributed by atoms with Crippen LogP contribution in [0.3, 0.4) is 0 Å². The molecule has 1 aliphatic heterocycles. The summed E-state index contributed by atoms with van der Waals surface area (Å²) in [7, 11) is 1.96. The van der Waals surface area contributed by atoms with Crippen molar-refractivity contribution in [2.24, 2.45) is 7.05 Å². The first-order chi connectivity index (χ1) is 10.5. The third-order valence-corrected chi connectivity index (χ3v) is 4.76. The number of aryl methyl sites for hydroxylation is 2. The van der Waals surface area contributed by atoms with E-state index >= 15 is 0 Å². The van der Waals surface area contributed by atoms with Crippen LogP contribution in [0.15, 0.2) is 18.7 Å². The largest absolute Gasteiger partial charge is 0.334 e. The van der Waals surface area contributed by atoms with E-state index in [1.165, 1.54) is 5.56 Å². The first-order valence-corrected chi connectivity index (χ1v) is 7.78. The second-order valence-electron chi connectivity index (χ2n) is 6.08. The van der Waals surface area contributed by atoms with Crippen LogP contribution in [0.4, 0.5) is 0 Å². The molecule has 22 heavy (non-hydrogen) atoms. The number of amides is 1. The van der Waals surface area contributed by atoms with E-state index in [9.17, 15) is 4.79 Å². The molecule has 3 rings (SSSR count). The summed E-state index contributed by atoms with van der Waals surface area (Å²) in [4.78, 5) is 19.0. The summed E-state index contributed by atoms with van der Waals surface area (Å²) in [6.45, 7) is 6.86. The molecule has 2 aromatic heterocycles. The molecule has 0 radical (unpaired) electrons. The van der Waals surface area contributed by atoms with Crippen molar-refractivity contribution < 1.29 is 4.79 Å². The van der Waals surface area contributed by atoms with Gasteiger partial charge in [-0.2, -0.15) is 5.10 Å². The van der Waals surface area contributed by atoms with Crippen molar-refractivity contribution in [3.63, 3.8) is 0 Å². The second-order valence-corrected chi connectivity index (χ2v) is 6.08. The van der Waals surface area contributed by atoms with Crippen LogP contribution in [-0.4, -0.2) is 36.7 Å². The van der Waals surface area contributed by atoms with Crippen molar-refractivity contribution in [1.82, 2.24) is 24.2 Å². The Bertz CT molecular complexity index is 673. The molecule has 3 heterocycles. The number of nitrogens with zero attached hydrogens (tertiary/aromatic N) is 5. The van der Waals surface area contributed by atoms with E-state index in [0.29, 0.717) is 0 Å². The lowest BCUT2D eigenvalue weighted by Gasteiger charge is -2.28. The van der Waals surface area contributed by atoms with Crippen LogP contribution in [0.1, 0.15) is 48.8 Å². The highest BCUT2D eigenvalue weighted by atomic mass is 16.2. The van der Waals surface area contributed by atoms with Crippen molar-refractivity contribution in [3.05, 3.63) is 35.7 Å². The lowest BCUT2D eigenvalue weighted by molar-refractivity contribution is -0.135. The summed E-state index contributed by atoms with van der Waals surface area (Å²) in [6, 6.07) is -0.0763. The number of likely N-dealkylation sites (tertiary alicyclic amines) is 1. The average molecular weight is 301 g/mol. The third kappa shape index (κ3) is 2.32. The Labute approximate surface area is 130 Å². The molecular formula is C16H23N5O. The molecule has 0 aromatic carbocycles. The first-order valence-electron chi connectivity index (χ1n) is 7.78. The minimum absolute atomic E-state index is 0.146. The third-order valence-electron chi connectivity index (χ3n) is 4.76. The van der Waals surface area contributed by atoms with Gasteiger partial charge in [0.05, 0.1) is 18.1 Å². The van der Waals surface area contributed by atoms with Crippen LogP contribution in [0.5, 0.6) is 0 Å². The lowest BCUT2D eigenvalue weighted by Crippen LogP contribution is -2.36. The van der Waals surface area contributed by atoms with E-state index in [0.717, 1.165) is 30.8 Å². The Balaban J connectivity index is 1.88. The monoisotopic (exact) mass is 301 g/mol. The summed E-state index contributed by atoms with van der Waals surface area (Å²) in [6.07, 6.45) is 7.31. The molecule has 2 atom stereocenters. The molecule has 1 fully saturated rings. The molecule has 118 valence electrons. The zero-order valence-electron chi connectivity index (χ0n) is 13.7. The Morgan fingerprint density at radius 1 is 1.41 bits per heavy atom. The predicted octanol–water partition coefficient (Wildman–Crippen LogP) is 2.16. The molecule has 1 aliphatic rings. The molecule has 0 aliphatic carbocycles. The van der Waals surface area contributed by atoms with Gasteiger partial charge in [0.2, 0.25) is 5.91 Å². The molecule has 2 aromatic rings. The SMILES string of the molecule is Cc1nn(C)c(C)c1[C@H]1CCCN1C(=O)[C@H](C)n1ccnc1. The Morgan fingerprint density at radius 2 is 2.18 bits per heavy atom. The quantitative estimate of drug-likeness (QED) is 0.873. The molecule has 0 N–H and O–H groups in total. The zero-order chi connectivity index (χ0) is 15.9. The molecule has 0 bridgehead atoms. The van der Waals surface area contributed by atoms with Gasteiger partial charge in [0.15, 0.2) is 0 Å². The van der Waals surface area contributed by atoms with Gasteiger partial charge in [-0.15, -0.1) is 0 Å². The molecule has 1 amide bonds. The van der Waals surface area contributed by atoms with Crippen molar-refractivity contribution in [1.29, 1.82) is 0 Å². The van der Waals surface area contributed by atoms with Crippen LogP contribution in [-0.2, 0) is 11.8 Å².